The van der Waals surface area contributed by atoms with Crippen molar-refractivity contribution in [3.63, 3.8) is 0 Å². The molecule has 84 valence electrons. The molecule has 0 atom stereocenters. The van der Waals surface area contributed by atoms with Crippen LogP contribution in [0.4, 0.5) is 5.69 Å². The Kier molecular flexibility index (Phi) is 2.66. The first-order valence-corrected chi connectivity index (χ1v) is 6.43. The number of nitrogens with one attached hydrogen (secondary N) is 1. The van der Waals surface area contributed by atoms with E-state index >= 15 is 0 Å². The molecule has 0 aliphatic rings. The lowest BCUT2D eigenvalue weighted by Gasteiger charge is -2.02. The van der Waals surface area contributed by atoms with Gasteiger partial charge in [-0.05, 0) is 0 Å². The van der Waals surface area contributed by atoms with Crippen molar-refractivity contribution in [2.75, 3.05) is 11.0 Å². The molecule has 0 radical (unpaired) electrons. The maximum Gasteiger partial charge on any atom is 0.229 e. The predicted molar refractivity (Wildman–Crippen MR) is 60.4 cm³/mol. The number of aromatic nitrogens is 1. The monoisotopic (exact) mass is 238 g/mol. The van der Waals surface area contributed by atoms with Gasteiger partial charge in [0.15, 0.2) is 5.76 Å². The Labute approximate surface area is 93.1 Å². The Bertz CT molecular complexity index is 575. The van der Waals surface area contributed by atoms with Crippen LogP contribution in [-0.2, 0) is 10.0 Å². The average Bonchev–Trinajstić information content (AvgIpc) is 2.64. The molecule has 0 aliphatic heterocycles. The lowest BCUT2D eigenvalue weighted by molar-refractivity contribution is 0.432. The molecule has 1 aromatic carbocycles. The van der Waals surface area contributed by atoms with Crippen LogP contribution in [0.3, 0.4) is 0 Å². The van der Waals surface area contributed by atoms with Crippen LogP contribution in [0.1, 0.15) is 0 Å². The molecule has 2 aromatic rings. The molecule has 16 heavy (non-hydrogen) atoms. The second kappa shape index (κ2) is 3.97. The van der Waals surface area contributed by atoms with Gasteiger partial charge in [0.05, 0.1) is 12.5 Å². The summed E-state index contributed by atoms with van der Waals surface area (Å²) in [7, 11) is -3.33. The van der Waals surface area contributed by atoms with Gasteiger partial charge in [-0.3, -0.25) is 4.72 Å². The highest BCUT2D eigenvalue weighted by Crippen LogP contribution is 2.27. The number of rotatable bonds is 3. The minimum atomic E-state index is -3.33. The Morgan fingerprint density at radius 1 is 1.25 bits per heavy atom. The van der Waals surface area contributed by atoms with Crippen LogP contribution < -0.4 is 4.72 Å². The van der Waals surface area contributed by atoms with E-state index in [1.54, 1.807) is 0 Å². The van der Waals surface area contributed by atoms with Gasteiger partial charge >= 0.3 is 0 Å². The number of hydrogen-bond acceptors (Lipinski definition) is 4. The van der Waals surface area contributed by atoms with E-state index in [9.17, 15) is 8.42 Å². The zero-order valence-electron chi connectivity index (χ0n) is 8.54. The number of sulfonamides is 1. The second-order valence-corrected chi connectivity index (χ2v) is 5.06. The minimum absolute atomic E-state index is 0.341. The molecule has 1 aromatic heterocycles. The van der Waals surface area contributed by atoms with Crippen molar-refractivity contribution in [3.8, 4) is 11.3 Å². The molecular formula is C10H10N2O3S. The van der Waals surface area contributed by atoms with Crippen LogP contribution in [0.5, 0.6) is 0 Å². The van der Waals surface area contributed by atoms with Crippen molar-refractivity contribution in [1.29, 1.82) is 0 Å². The summed E-state index contributed by atoms with van der Waals surface area (Å²) in [6.07, 6.45) is 2.41. The predicted octanol–water partition coefficient (Wildman–Crippen LogP) is 1.71. The quantitative estimate of drug-likeness (QED) is 0.883. The van der Waals surface area contributed by atoms with Crippen LogP contribution in [0, 0.1) is 0 Å². The SMILES string of the molecule is CS(=O)(=O)Nc1cnoc1-c1ccccc1. The van der Waals surface area contributed by atoms with Crippen molar-refractivity contribution >= 4 is 15.7 Å². The summed E-state index contributed by atoms with van der Waals surface area (Å²) in [6.45, 7) is 0. The van der Waals surface area contributed by atoms with Gasteiger partial charge in [-0.25, -0.2) is 8.42 Å². The largest absolute Gasteiger partial charge is 0.354 e. The van der Waals surface area contributed by atoms with Gasteiger partial charge in [0.2, 0.25) is 10.0 Å². The van der Waals surface area contributed by atoms with E-state index in [4.69, 9.17) is 4.52 Å². The standard InChI is InChI=1S/C10H10N2O3S/c1-16(13,14)12-9-7-11-15-10(9)8-5-3-2-4-6-8/h2-7,12H,1H3. The average molecular weight is 238 g/mol. The summed E-state index contributed by atoms with van der Waals surface area (Å²) in [5.41, 5.74) is 1.11. The summed E-state index contributed by atoms with van der Waals surface area (Å²) in [4.78, 5) is 0. The Balaban J connectivity index is 2.41. The third-order valence-corrected chi connectivity index (χ3v) is 2.49. The van der Waals surface area contributed by atoms with Crippen LogP contribution in [0.25, 0.3) is 11.3 Å². The van der Waals surface area contributed by atoms with Crippen LogP contribution in [0.2, 0.25) is 0 Å². The van der Waals surface area contributed by atoms with Crippen LogP contribution >= 0.6 is 0 Å². The van der Waals surface area contributed by atoms with E-state index in [-0.39, 0.29) is 0 Å². The molecule has 0 spiro atoms. The fraction of sp³-hybridized carbons (Fsp3) is 0.100. The fourth-order valence-corrected chi connectivity index (χ4v) is 1.85. The zero-order valence-corrected chi connectivity index (χ0v) is 9.36. The van der Waals surface area contributed by atoms with E-state index in [0.29, 0.717) is 11.4 Å². The molecule has 0 aliphatic carbocycles. The number of nitrogens with zero attached hydrogens (tertiary/aromatic N) is 1. The molecule has 0 bridgehead atoms. The van der Waals surface area contributed by atoms with Crippen LogP contribution in [0.15, 0.2) is 41.1 Å². The van der Waals surface area contributed by atoms with E-state index in [2.05, 4.69) is 9.88 Å². The topological polar surface area (TPSA) is 72.2 Å². The van der Waals surface area contributed by atoms with Crippen molar-refractivity contribution in [3.05, 3.63) is 36.5 Å². The van der Waals surface area contributed by atoms with Gasteiger partial charge in [-0.2, -0.15) is 0 Å². The Hall–Kier alpha value is -1.82. The van der Waals surface area contributed by atoms with Gasteiger partial charge in [-0.15, -0.1) is 0 Å². The third kappa shape index (κ3) is 2.40. The first kappa shape index (κ1) is 10.7. The van der Waals surface area contributed by atoms with E-state index in [1.165, 1.54) is 6.20 Å². The summed E-state index contributed by atoms with van der Waals surface area (Å²) in [5, 5.41) is 3.58. The zero-order chi connectivity index (χ0) is 11.6. The number of hydrogen-bond donors (Lipinski definition) is 1. The minimum Gasteiger partial charge on any atom is -0.354 e. The Morgan fingerprint density at radius 3 is 2.56 bits per heavy atom. The van der Waals surface area contributed by atoms with Crippen LogP contribution in [-0.4, -0.2) is 19.8 Å². The lowest BCUT2D eigenvalue weighted by atomic mass is 10.1. The molecule has 0 unspecified atom stereocenters. The Morgan fingerprint density at radius 2 is 1.94 bits per heavy atom. The summed E-state index contributed by atoms with van der Waals surface area (Å²) >= 11 is 0. The normalized spacial score (nSPS) is 11.3. The summed E-state index contributed by atoms with van der Waals surface area (Å²) in [5.74, 6) is 0.408. The number of benzene rings is 1. The third-order valence-electron chi connectivity index (χ3n) is 1.90. The molecule has 1 N–H and O–H groups in total. The van der Waals surface area contributed by atoms with Crippen molar-refractivity contribution in [1.82, 2.24) is 5.16 Å². The van der Waals surface area contributed by atoms with E-state index in [1.807, 2.05) is 30.3 Å². The maximum absolute atomic E-state index is 11.1. The van der Waals surface area contributed by atoms with Gasteiger partial charge in [0.25, 0.3) is 0 Å². The highest BCUT2D eigenvalue weighted by molar-refractivity contribution is 7.92. The van der Waals surface area contributed by atoms with E-state index < -0.39 is 10.0 Å². The van der Waals surface area contributed by atoms with Crippen molar-refractivity contribution in [2.24, 2.45) is 0 Å². The maximum atomic E-state index is 11.1. The molecule has 0 fully saturated rings. The summed E-state index contributed by atoms with van der Waals surface area (Å²) in [6, 6.07) is 9.16. The van der Waals surface area contributed by atoms with Gasteiger partial charge in [0, 0.05) is 5.56 Å². The molecule has 6 heteroatoms. The van der Waals surface area contributed by atoms with Gasteiger partial charge in [-0.1, -0.05) is 35.5 Å². The molecule has 5 nitrogen and oxygen atoms in total. The van der Waals surface area contributed by atoms with Crippen molar-refractivity contribution < 1.29 is 12.9 Å². The first-order chi connectivity index (χ1) is 7.56. The highest BCUT2D eigenvalue weighted by Gasteiger charge is 2.13. The second-order valence-electron chi connectivity index (χ2n) is 3.31. The molecule has 0 amide bonds. The molecule has 2 rings (SSSR count). The van der Waals surface area contributed by atoms with Gasteiger partial charge < -0.3 is 4.52 Å². The molecule has 1 heterocycles. The van der Waals surface area contributed by atoms with Gasteiger partial charge in [0.1, 0.15) is 5.69 Å². The fourth-order valence-electron chi connectivity index (χ4n) is 1.31. The molecular weight excluding hydrogens is 228 g/mol. The highest BCUT2D eigenvalue weighted by atomic mass is 32.2. The smallest absolute Gasteiger partial charge is 0.229 e. The first-order valence-electron chi connectivity index (χ1n) is 4.54. The van der Waals surface area contributed by atoms with E-state index in [0.717, 1.165) is 11.8 Å². The lowest BCUT2D eigenvalue weighted by Crippen LogP contribution is -2.09. The summed E-state index contributed by atoms with van der Waals surface area (Å²) < 4.78 is 29.6. The molecule has 0 saturated carbocycles. The number of anilines is 1. The van der Waals surface area contributed by atoms with Crippen molar-refractivity contribution in [2.45, 2.75) is 0 Å². The molecule has 0 saturated heterocycles.